The number of rotatable bonds is 12. The lowest BCUT2D eigenvalue weighted by molar-refractivity contribution is -0.144. The van der Waals surface area contributed by atoms with Gasteiger partial charge in [-0.1, -0.05) is 32.8 Å². The SMILES string of the molecule is CCCCN(CCCC)C(=O)CN1C[C@H](c2ccc3c(c2)OCO3)[C@@H](C(=O)O)[C@@H]1CN1CCCCS1(=O)=O. The maximum atomic E-state index is 13.5. The first-order chi connectivity index (χ1) is 18.2. The molecule has 3 atom stereocenters. The predicted molar refractivity (Wildman–Crippen MR) is 143 cm³/mol. The van der Waals surface area contributed by atoms with E-state index in [1.165, 1.54) is 4.31 Å². The number of amides is 1. The van der Waals surface area contributed by atoms with Crippen molar-refractivity contribution in [2.75, 3.05) is 51.8 Å². The Bertz CT molecular complexity index is 1090. The molecule has 1 amide bonds. The molecule has 0 saturated carbocycles. The second-order valence-corrected chi connectivity index (χ2v) is 12.6. The maximum absolute atomic E-state index is 13.5. The minimum atomic E-state index is -3.46. The van der Waals surface area contributed by atoms with E-state index in [1.807, 2.05) is 21.9 Å². The number of hydrogen-bond acceptors (Lipinski definition) is 7. The average molecular weight is 552 g/mol. The summed E-state index contributed by atoms with van der Waals surface area (Å²) in [7, 11) is -3.46. The van der Waals surface area contributed by atoms with Gasteiger partial charge in [-0.2, -0.15) is 0 Å². The van der Waals surface area contributed by atoms with Gasteiger partial charge in [-0.25, -0.2) is 12.7 Å². The predicted octanol–water partition coefficient (Wildman–Crippen LogP) is 2.74. The van der Waals surface area contributed by atoms with Crippen molar-refractivity contribution in [1.29, 1.82) is 0 Å². The second-order valence-electron chi connectivity index (χ2n) is 10.5. The number of fused-ring (bicyclic) bond motifs is 1. The summed E-state index contributed by atoms with van der Waals surface area (Å²) in [5.74, 6) is -1.06. The van der Waals surface area contributed by atoms with Gasteiger partial charge in [0, 0.05) is 44.7 Å². The Labute approximate surface area is 225 Å². The molecule has 4 rings (SSSR count). The molecular formula is C27H41N3O7S. The first kappa shape index (κ1) is 28.6. The molecule has 0 aliphatic carbocycles. The van der Waals surface area contributed by atoms with E-state index in [-0.39, 0.29) is 31.5 Å². The van der Waals surface area contributed by atoms with Crippen molar-refractivity contribution in [3.05, 3.63) is 23.8 Å². The monoisotopic (exact) mass is 551 g/mol. The van der Waals surface area contributed by atoms with E-state index >= 15 is 0 Å². The highest BCUT2D eigenvalue weighted by atomic mass is 32.2. The van der Waals surface area contributed by atoms with Crippen molar-refractivity contribution >= 4 is 21.9 Å². The Balaban J connectivity index is 1.63. The number of aliphatic carboxylic acids is 1. The van der Waals surface area contributed by atoms with Crippen molar-refractivity contribution in [2.24, 2.45) is 5.92 Å². The van der Waals surface area contributed by atoms with Gasteiger partial charge in [0.1, 0.15) is 0 Å². The smallest absolute Gasteiger partial charge is 0.308 e. The number of carboxylic acids is 1. The van der Waals surface area contributed by atoms with E-state index in [2.05, 4.69) is 13.8 Å². The number of ether oxygens (including phenoxy) is 2. The zero-order chi connectivity index (χ0) is 27.3. The van der Waals surface area contributed by atoms with Crippen LogP contribution in [0.1, 0.15) is 63.9 Å². The number of carbonyl (C=O) groups excluding carboxylic acids is 1. The van der Waals surface area contributed by atoms with Crippen LogP contribution in [0.4, 0.5) is 0 Å². The topological polar surface area (TPSA) is 117 Å². The minimum Gasteiger partial charge on any atom is -0.481 e. The number of nitrogens with zero attached hydrogens (tertiary/aromatic N) is 3. The van der Waals surface area contributed by atoms with E-state index in [9.17, 15) is 23.1 Å². The highest BCUT2D eigenvalue weighted by Gasteiger charge is 2.49. The molecule has 1 N–H and O–H groups in total. The number of unbranched alkanes of at least 4 members (excludes halogenated alkanes) is 2. The fourth-order valence-electron chi connectivity index (χ4n) is 5.79. The lowest BCUT2D eigenvalue weighted by atomic mass is 9.85. The van der Waals surface area contributed by atoms with E-state index in [1.54, 1.807) is 6.07 Å². The van der Waals surface area contributed by atoms with Crippen LogP contribution >= 0.6 is 0 Å². The summed E-state index contributed by atoms with van der Waals surface area (Å²) in [6, 6.07) is 4.82. The minimum absolute atomic E-state index is 0.0334. The largest absolute Gasteiger partial charge is 0.481 e. The summed E-state index contributed by atoms with van der Waals surface area (Å²) in [5, 5.41) is 10.4. The Hall–Kier alpha value is -2.37. The molecule has 0 radical (unpaired) electrons. The normalized spacial score (nSPS) is 24.9. The van der Waals surface area contributed by atoms with E-state index in [0.29, 0.717) is 44.1 Å². The second kappa shape index (κ2) is 12.7. The lowest BCUT2D eigenvalue weighted by Crippen LogP contribution is -2.51. The number of likely N-dealkylation sites (tertiary alicyclic amines) is 1. The van der Waals surface area contributed by atoms with Crippen LogP contribution in [0, 0.1) is 5.92 Å². The number of carboxylic acid groups (broad SMARTS) is 1. The molecule has 0 bridgehead atoms. The van der Waals surface area contributed by atoms with Gasteiger partial charge >= 0.3 is 5.97 Å². The Morgan fingerprint density at radius 1 is 1.08 bits per heavy atom. The molecule has 212 valence electrons. The molecule has 2 fully saturated rings. The van der Waals surface area contributed by atoms with Gasteiger partial charge in [0.25, 0.3) is 0 Å². The van der Waals surface area contributed by atoms with Crippen molar-refractivity contribution in [3.63, 3.8) is 0 Å². The maximum Gasteiger partial charge on any atom is 0.308 e. The number of sulfonamides is 1. The van der Waals surface area contributed by atoms with Crippen LogP contribution in [0.25, 0.3) is 0 Å². The summed E-state index contributed by atoms with van der Waals surface area (Å²) >= 11 is 0. The molecule has 1 aromatic rings. The third kappa shape index (κ3) is 6.43. The third-order valence-corrected chi connectivity index (χ3v) is 9.88. The molecule has 0 spiro atoms. The van der Waals surface area contributed by atoms with Crippen LogP contribution in [-0.4, -0.2) is 97.4 Å². The van der Waals surface area contributed by atoms with Crippen LogP contribution in [0.3, 0.4) is 0 Å². The summed E-state index contributed by atoms with van der Waals surface area (Å²) < 4.78 is 38.1. The summed E-state index contributed by atoms with van der Waals surface area (Å²) in [5.41, 5.74) is 0.789. The van der Waals surface area contributed by atoms with Gasteiger partial charge in [-0.05, 0) is 43.4 Å². The van der Waals surface area contributed by atoms with E-state index < -0.39 is 33.9 Å². The molecular weight excluding hydrogens is 510 g/mol. The molecule has 0 aromatic heterocycles. The van der Waals surface area contributed by atoms with Crippen molar-refractivity contribution in [3.8, 4) is 11.5 Å². The number of benzene rings is 1. The molecule has 10 nitrogen and oxygen atoms in total. The first-order valence-corrected chi connectivity index (χ1v) is 15.5. The Morgan fingerprint density at radius 3 is 2.45 bits per heavy atom. The van der Waals surface area contributed by atoms with Gasteiger partial charge in [0.2, 0.25) is 22.7 Å². The first-order valence-electron chi connectivity index (χ1n) is 13.9. The van der Waals surface area contributed by atoms with Crippen LogP contribution in [0.2, 0.25) is 0 Å². The van der Waals surface area contributed by atoms with Crippen LogP contribution < -0.4 is 9.47 Å². The Morgan fingerprint density at radius 2 is 1.79 bits per heavy atom. The lowest BCUT2D eigenvalue weighted by Gasteiger charge is -2.34. The Kier molecular flexibility index (Phi) is 9.54. The fraction of sp³-hybridized carbons (Fsp3) is 0.704. The van der Waals surface area contributed by atoms with Gasteiger partial charge in [-0.3, -0.25) is 14.5 Å². The molecule has 0 unspecified atom stereocenters. The highest BCUT2D eigenvalue weighted by Crippen LogP contribution is 2.42. The average Bonchev–Trinajstić information content (AvgIpc) is 3.49. The van der Waals surface area contributed by atoms with Gasteiger partial charge in [0.15, 0.2) is 11.5 Å². The molecule has 38 heavy (non-hydrogen) atoms. The standard InChI is InChI=1S/C27H41N3O7S/c1-3-5-11-28(12-6-4-2)25(31)18-29-16-21(20-9-10-23-24(15-20)37-19-36-23)26(27(32)33)22(29)17-30-13-7-8-14-38(30,34)35/h9-10,15,21-22,26H,3-8,11-14,16-19H2,1-2H3,(H,32,33)/t21-,22+,26-/m1/s1. The third-order valence-electron chi connectivity index (χ3n) is 7.96. The molecule has 3 heterocycles. The van der Waals surface area contributed by atoms with Gasteiger partial charge < -0.3 is 19.5 Å². The highest BCUT2D eigenvalue weighted by molar-refractivity contribution is 7.89. The molecule has 3 aliphatic heterocycles. The van der Waals surface area contributed by atoms with Crippen molar-refractivity contribution in [1.82, 2.24) is 14.1 Å². The fourth-order valence-corrected chi connectivity index (χ4v) is 7.40. The summed E-state index contributed by atoms with van der Waals surface area (Å²) in [6.45, 7) is 6.49. The molecule has 2 saturated heterocycles. The quantitative estimate of drug-likeness (QED) is 0.422. The van der Waals surface area contributed by atoms with E-state index in [4.69, 9.17) is 9.47 Å². The van der Waals surface area contributed by atoms with Crippen molar-refractivity contribution in [2.45, 2.75) is 64.3 Å². The molecule has 1 aromatic carbocycles. The van der Waals surface area contributed by atoms with E-state index in [0.717, 1.165) is 37.7 Å². The zero-order valence-electron chi connectivity index (χ0n) is 22.5. The number of hydrogen-bond donors (Lipinski definition) is 1. The summed E-state index contributed by atoms with van der Waals surface area (Å²) in [4.78, 5) is 30.0. The van der Waals surface area contributed by atoms with Crippen LogP contribution in [0.5, 0.6) is 11.5 Å². The van der Waals surface area contributed by atoms with Crippen LogP contribution in [0.15, 0.2) is 18.2 Å². The summed E-state index contributed by atoms with van der Waals surface area (Å²) in [6.07, 6.45) is 5.11. The van der Waals surface area contributed by atoms with Crippen LogP contribution in [-0.2, 0) is 19.6 Å². The molecule has 11 heteroatoms. The number of carbonyl (C=O) groups is 2. The van der Waals surface area contributed by atoms with Gasteiger partial charge in [-0.15, -0.1) is 0 Å². The zero-order valence-corrected chi connectivity index (χ0v) is 23.3. The molecule has 3 aliphatic rings. The van der Waals surface area contributed by atoms with Crippen molar-refractivity contribution < 1.29 is 32.6 Å². The van der Waals surface area contributed by atoms with Gasteiger partial charge in [0.05, 0.1) is 18.2 Å².